The van der Waals surface area contributed by atoms with E-state index in [1.54, 1.807) is 0 Å². The first-order chi connectivity index (χ1) is 7.72. The number of oxime groups is 1. The highest BCUT2D eigenvalue weighted by molar-refractivity contribution is 5.91. The topological polar surface area (TPSA) is 96.9 Å². The van der Waals surface area contributed by atoms with Gasteiger partial charge in [0.05, 0.1) is 18.6 Å². The Morgan fingerprint density at radius 2 is 2.25 bits per heavy atom. The lowest BCUT2D eigenvalue weighted by atomic mass is 10.1. The number of amides is 1. The van der Waals surface area contributed by atoms with Crippen LogP contribution in [0.1, 0.15) is 19.3 Å². The monoisotopic (exact) mass is 227 g/mol. The lowest BCUT2D eigenvalue weighted by Crippen LogP contribution is -2.48. The van der Waals surface area contributed by atoms with Gasteiger partial charge in [0, 0.05) is 6.61 Å². The second-order valence-electron chi connectivity index (χ2n) is 4.41. The molecular weight excluding hydrogens is 210 g/mol. The standard InChI is InChI=1S/C10H17N3O3/c11-9(13-15)8(6-1-2-6)12-10(14)7-3-4-16-5-7/h6-8,15H,1-5H2,(H2,11,13)(H,12,14). The minimum Gasteiger partial charge on any atom is -0.409 e. The fourth-order valence-corrected chi connectivity index (χ4v) is 1.94. The normalized spacial score (nSPS) is 27.8. The van der Waals surface area contributed by atoms with Crippen molar-refractivity contribution in [2.75, 3.05) is 13.2 Å². The third-order valence-corrected chi connectivity index (χ3v) is 3.13. The first kappa shape index (κ1) is 11.2. The number of carbonyl (C=O) groups is 1. The molecule has 2 rings (SSSR count). The van der Waals surface area contributed by atoms with Crippen LogP contribution in [0.4, 0.5) is 0 Å². The van der Waals surface area contributed by atoms with Crippen molar-refractivity contribution in [3.8, 4) is 0 Å². The van der Waals surface area contributed by atoms with Crippen LogP contribution >= 0.6 is 0 Å². The number of nitrogens with one attached hydrogen (secondary N) is 1. The maximum atomic E-state index is 11.8. The van der Waals surface area contributed by atoms with Crippen molar-refractivity contribution in [2.45, 2.75) is 25.3 Å². The Hall–Kier alpha value is -1.30. The van der Waals surface area contributed by atoms with Crippen LogP contribution in [-0.4, -0.2) is 36.2 Å². The Kier molecular flexibility index (Phi) is 3.28. The maximum absolute atomic E-state index is 11.8. The average molecular weight is 227 g/mol. The molecule has 1 aliphatic carbocycles. The van der Waals surface area contributed by atoms with Crippen LogP contribution < -0.4 is 11.1 Å². The van der Waals surface area contributed by atoms with Gasteiger partial charge in [-0.05, 0) is 25.2 Å². The number of hydrogen-bond donors (Lipinski definition) is 3. The number of amidine groups is 1. The summed E-state index contributed by atoms with van der Waals surface area (Å²) in [5.41, 5.74) is 5.56. The quantitative estimate of drug-likeness (QED) is 0.265. The molecule has 1 saturated heterocycles. The summed E-state index contributed by atoms with van der Waals surface area (Å²) in [5, 5.41) is 14.5. The van der Waals surface area contributed by atoms with E-state index in [0.717, 1.165) is 19.3 Å². The molecule has 4 N–H and O–H groups in total. The lowest BCUT2D eigenvalue weighted by Gasteiger charge is -2.18. The summed E-state index contributed by atoms with van der Waals surface area (Å²) in [7, 11) is 0. The summed E-state index contributed by atoms with van der Waals surface area (Å²) >= 11 is 0. The van der Waals surface area contributed by atoms with Crippen molar-refractivity contribution in [3.63, 3.8) is 0 Å². The van der Waals surface area contributed by atoms with Gasteiger partial charge in [-0.1, -0.05) is 5.16 Å². The molecule has 1 amide bonds. The minimum absolute atomic E-state index is 0.0546. The van der Waals surface area contributed by atoms with E-state index in [2.05, 4.69) is 10.5 Å². The number of carbonyl (C=O) groups excluding carboxylic acids is 1. The van der Waals surface area contributed by atoms with Gasteiger partial charge in [-0.2, -0.15) is 0 Å². The van der Waals surface area contributed by atoms with Crippen molar-refractivity contribution >= 4 is 11.7 Å². The van der Waals surface area contributed by atoms with E-state index in [-0.39, 0.29) is 23.7 Å². The van der Waals surface area contributed by atoms with Gasteiger partial charge in [-0.3, -0.25) is 4.79 Å². The van der Waals surface area contributed by atoms with Crippen LogP contribution in [0.3, 0.4) is 0 Å². The van der Waals surface area contributed by atoms with Crippen molar-refractivity contribution in [3.05, 3.63) is 0 Å². The Morgan fingerprint density at radius 3 is 2.75 bits per heavy atom. The number of ether oxygens (including phenoxy) is 1. The van der Waals surface area contributed by atoms with Gasteiger partial charge in [-0.25, -0.2) is 0 Å². The Balaban J connectivity index is 1.92. The smallest absolute Gasteiger partial charge is 0.226 e. The summed E-state index contributed by atoms with van der Waals surface area (Å²) in [6, 6.07) is -0.321. The summed E-state index contributed by atoms with van der Waals surface area (Å²) < 4.78 is 5.15. The Labute approximate surface area is 93.8 Å². The van der Waals surface area contributed by atoms with Gasteiger partial charge in [-0.15, -0.1) is 0 Å². The molecule has 6 nitrogen and oxygen atoms in total. The van der Waals surface area contributed by atoms with Crippen molar-refractivity contribution in [1.82, 2.24) is 5.32 Å². The van der Waals surface area contributed by atoms with Crippen LogP contribution in [0.2, 0.25) is 0 Å². The lowest BCUT2D eigenvalue weighted by molar-refractivity contribution is -0.125. The average Bonchev–Trinajstić information content (AvgIpc) is 2.98. The second-order valence-corrected chi connectivity index (χ2v) is 4.41. The highest BCUT2D eigenvalue weighted by Gasteiger charge is 2.36. The highest BCUT2D eigenvalue weighted by Crippen LogP contribution is 2.33. The highest BCUT2D eigenvalue weighted by atomic mass is 16.5. The molecule has 1 heterocycles. The first-order valence-electron chi connectivity index (χ1n) is 5.58. The van der Waals surface area contributed by atoms with Crippen molar-refractivity contribution in [2.24, 2.45) is 22.7 Å². The molecule has 0 bridgehead atoms. The fourth-order valence-electron chi connectivity index (χ4n) is 1.94. The zero-order chi connectivity index (χ0) is 11.5. The fraction of sp³-hybridized carbons (Fsp3) is 0.800. The molecule has 6 heteroatoms. The molecule has 1 saturated carbocycles. The predicted octanol–water partition coefficient (Wildman–Crippen LogP) is -0.336. The first-order valence-corrected chi connectivity index (χ1v) is 5.58. The van der Waals surface area contributed by atoms with Gasteiger partial charge >= 0.3 is 0 Å². The molecular formula is C10H17N3O3. The van der Waals surface area contributed by atoms with E-state index in [9.17, 15) is 4.79 Å². The van der Waals surface area contributed by atoms with Crippen LogP contribution in [0.15, 0.2) is 5.16 Å². The predicted molar refractivity (Wildman–Crippen MR) is 57.0 cm³/mol. The summed E-state index contributed by atoms with van der Waals surface area (Å²) in [5.74, 6) is 0.269. The minimum atomic E-state index is -0.321. The summed E-state index contributed by atoms with van der Waals surface area (Å²) in [6.45, 7) is 1.11. The molecule has 0 radical (unpaired) electrons. The van der Waals surface area contributed by atoms with E-state index in [4.69, 9.17) is 15.7 Å². The molecule has 16 heavy (non-hydrogen) atoms. The number of nitrogens with zero attached hydrogens (tertiary/aromatic N) is 1. The van der Waals surface area contributed by atoms with Crippen LogP contribution in [0.25, 0.3) is 0 Å². The Bertz CT molecular complexity index is 296. The van der Waals surface area contributed by atoms with Crippen LogP contribution in [-0.2, 0) is 9.53 Å². The molecule has 2 aliphatic rings. The zero-order valence-electron chi connectivity index (χ0n) is 9.06. The molecule has 2 atom stereocenters. The van der Waals surface area contributed by atoms with Crippen molar-refractivity contribution < 1.29 is 14.7 Å². The van der Waals surface area contributed by atoms with Gasteiger partial charge in [0.25, 0.3) is 0 Å². The van der Waals surface area contributed by atoms with Gasteiger partial charge in [0.1, 0.15) is 0 Å². The molecule has 0 spiro atoms. The van der Waals surface area contributed by atoms with E-state index in [0.29, 0.717) is 19.1 Å². The van der Waals surface area contributed by atoms with E-state index in [1.807, 2.05) is 0 Å². The number of hydrogen-bond acceptors (Lipinski definition) is 4. The van der Waals surface area contributed by atoms with Gasteiger partial charge in [0.2, 0.25) is 5.91 Å². The molecule has 1 aliphatic heterocycles. The summed E-state index contributed by atoms with van der Waals surface area (Å²) in [6.07, 6.45) is 2.78. The molecule has 2 unspecified atom stereocenters. The summed E-state index contributed by atoms with van der Waals surface area (Å²) in [4.78, 5) is 11.8. The Morgan fingerprint density at radius 1 is 1.50 bits per heavy atom. The van der Waals surface area contributed by atoms with Crippen molar-refractivity contribution in [1.29, 1.82) is 0 Å². The number of nitrogens with two attached hydrogens (primary N) is 1. The van der Waals surface area contributed by atoms with Gasteiger partial charge < -0.3 is 21.0 Å². The molecule has 0 aromatic carbocycles. The third-order valence-electron chi connectivity index (χ3n) is 3.13. The number of rotatable bonds is 4. The molecule has 0 aromatic heterocycles. The maximum Gasteiger partial charge on any atom is 0.226 e. The SMILES string of the molecule is NC(=NO)C(NC(=O)C1CCOC1)C1CC1. The molecule has 90 valence electrons. The molecule has 0 aromatic rings. The molecule has 2 fully saturated rings. The zero-order valence-corrected chi connectivity index (χ0v) is 9.06. The van der Waals surface area contributed by atoms with E-state index >= 15 is 0 Å². The van der Waals surface area contributed by atoms with Gasteiger partial charge in [0.15, 0.2) is 5.84 Å². The van der Waals surface area contributed by atoms with E-state index in [1.165, 1.54) is 0 Å². The third kappa shape index (κ3) is 2.44. The van der Waals surface area contributed by atoms with Crippen LogP contribution in [0, 0.1) is 11.8 Å². The van der Waals surface area contributed by atoms with E-state index < -0.39 is 0 Å². The van der Waals surface area contributed by atoms with Crippen LogP contribution in [0.5, 0.6) is 0 Å². The largest absolute Gasteiger partial charge is 0.409 e. The second kappa shape index (κ2) is 4.69.